The number of esters is 1. The van der Waals surface area contributed by atoms with Crippen LogP contribution in [0.4, 0.5) is 0 Å². The predicted molar refractivity (Wildman–Crippen MR) is 90.4 cm³/mol. The van der Waals surface area contributed by atoms with E-state index in [2.05, 4.69) is 4.98 Å². The van der Waals surface area contributed by atoms with E-state index < -0.39 is 29.0 Å². The van der Waals surface area contributed by atoms with Gasteiger partial charge in [0.15, 0.2) is 0 Å². The Balaban J connectivity index is 1.69. The number of rotatable bonds is 5. The molecule has 1 N–H and O–H groups in total. The molecule has 0 spiro atoms. The summed E-state index contributed by atoms with van der Waals surface area (Å²) in [4.78, 5) is 37.5. The molecule has 7 nitrogen and oxygen atoms in total. The Labute approximate surface area is 144 Å². The van der Waals surface area contributed by atoms with Crippen LogP contribution in [0.15, 0.2) is 52.2 Å². The molecule has 1 aliphatic heterocycles. The molecule has 0 saturated carbocycles. The van der Waals surface area contributed by atoms with Crippen molar-refractivity contribution in [2.45, 2.75) is 38.0 Å². The van der Waals surface area contributed by atoms with Gasteiger partial charge in [0.2, 0.25) is 0 Å². The zero-order chi connectivity index (χ0) is 17.9. The van der Waals surface area contributed by atoms with Gasteiger partial charge in [0.1, 0.15) is 18.4 Å². The average molecular weight is 344 g/mol. The third-order valence-corrected chi connectivity index (χ3v) is 4.51. The van der Waals surface area contributed by atoms with Crippen LogP contribution in [-0.2, 0) is 9.47 Å². The summed E-state index contributed by atoms with van der Waals surface area (Å²) < 4.78 is 12.8. The van der Waals surface area contributed by atoms with Crippen LogP contribution in [-0.4, -0.2) is 27.7 Å². The molecule has 2 atom stereocenters. The Hall–Kier alpha value is -2.67. The first kappa shape index (κ1) is 17.2. The highest BCUT2D eigenvalue weighted by Crippen LogP contribution is 2.38. The van der Waals surface area contributed by atoms with Crippen molar-refractivity contribution < 1.29 is 14.3 Å². The largest absolute Gasteiger partial charge is 0.459 e. The Morgan fingerprint density at radius 1 is 1.32 bits per heavy atom. The maximum Gasteiger partial charge on any atom is 0.338 e. The third kappa shape index (κ3) is 3.71. The summed E-state index contributed by atoms with van der Waals surface area (Å²) in [6.45, 7) is 2.07. The summed E-state index contributed by atoms with van der Waals surface area (Å²) in [7, 11) is 0. The van der Waals surface area contributed by atoms with Gasteiger partial charge in [-0.2, -0.15) is 0 Å². The van der Waals surface area contributed by atoms with Crippen molar-refractivity contribution in [2.75, 3.05) is 6.61 Å². The first-order valence-corrected chi connectivity index (χ1v) is 8.24. The lowest BCUT2D eigenvalue weighted by Gasteiger charge is -2.28. The molecule has 2 aromatic rings. The Morgan fingerprint density at radius 3 is 2.76 bits per heavy atom. The fourth-order valence-electron chi connectivity index (χ4n) is 2.97. The van der Waals surface area contributed by atoms with E-state index in [4.69, 9.17) is 9.47 Å². The summed E-state index contributed by atoms with van der Waals surface area (Å²) in [6, 6.07) is 10.1. The molecule has 2 heterocycles. The zero-order valence-electron chi connectivity index (χ0n) is 13.9. The number of carbonyl (C=O) groups excluding carboxylic acids is 1. The third-order valence-electron chi connectivity index (χ3n) is 4.51. The van der Waals surface area contributed by atoms with Crippen LogP contribution >= 0.6 is 0 Å². The molecule has 0 amide bonds. The van der Waals surface area contributed by atoms with Gasteiger partial charge in [0.05, 0.1) is 5.56 Å². The lowest BCUT2D eigenvalue weighted by atomic mass is 9.98. The van der Waals surface area contributed by atoms with Gasteiger partial charge in [-0.15, -0.1) is 0 Å². The molecule has 7 heteroatoms. The van der Waals surface area contributed by atoms with E-state index in [1.165, 1.54) is 16.8 Å². The lowest BCUT2D eigenvalue weighted by molar-refractivity contribution is -0.104. The van der Waals surface area contributed by atoms with E-state index in [9.17, 15) is 14.4 Å². The van der Waals surface area contributed by atoms with Gasteiger partial charge in [-0.3, -0.25) is 14.3 Å². The second-order valence-electron chi connectivity index (χ2n) is 6.11. The zero-order valence-corrected chi connectivity index (χ0v) is 13.9. The molecule has 1 aromatic carbocycles. The van der Waals surface area contributed by atoms with E-state index in [0.29, 0.717) is 24.8 Å². The smallest absolute Gasteiger partial charge is 0.338 e. The van der Waals surface area contributed by atoms with Crippen molar-refractivity contribution in [1.82, 2.24) is 9.55 Å². The second-order valence-corrected chi connectivity index (χ2v) is 6.11. The number of nitrogens with one attached hydrogen (secondary N) is 1. The number of nitrogens with zero attached hydrogens (tertiary/aromatic N) is 1. The molecule has 132 valence electrons. The monoisotopic (exact) mass is 344 g/mol. The molecule has 0 radical (unpaired) electrons. The molecule has 0 bridgehead atoms. The minimum atomic E-state index is -0.634. The van der Waals surface area contributed by atoms with Crippen molar-refractivity contribution in [3.8, 4) is 0 Å². The lowest BCUT2D eigenvalue weighted by Crippen LogP contribution is -2.37. The molecular formula is C18H20N2O5. The average Bonchev–Trinajstić information content (AvgIpc) is 3.05. The van der Waals surface area contributed by atoms with Crippen LogP contribution in [0.5, 0.6) is 0 Å². The van der Waals surface area contributed by atoms with Crippen molar-refractivity contribution in [1.29, 1.82) is 0 Å². The quantitative estimate of drug-likeness (QED) is 0.836. The molecule has 1 unspecified atom stereocenters. The first-order chi connectivity index (χ1) is 12.0. The van der Waals surface area contributed by atoms with Crippen molar-refractivity contribution in [3.63, 3.8) is 0 Å². The minimum Gasteiger partial charge on any atom is -0.459 e. The van der Waals surface area contributed by atoms with Crippen molar-refractivity contribution >= 4 is 5.97 Å². The van der Waals surface area contributed by atoms with E-state index in [-0.39, 0.29) is 6.61 Å². The number of hydrogen-bond acceptors (Lipinski definition) is 5. The van der Waals surface area contributed by atoms with Gasteiger partial charge < -0.3 is 9.47 Å². The second kappa shape index (κ2) is 7.06. The van der Waals surface area contributed by atoms with Crippen LogP contribution < -0.4 is 11.2 Å². The maximum absolute atomic E-state index is 12.1. The van der Waals surface area contributed by atoms with Gasteiger partial charge in [-0.25, -0.2) is 9.59 Å². The molecule has 1 aromatic heterocycles. The number of ether oxygens (including phenoxy) is 2. The highest BCUT2D eigenvalue weighted by atomic mass is 16.6. The summed E-state index contributed by atoms with van der Waals surface area (Å²) >= 11 is 0. The Morgan fingerprint density at radius 2 is 2.08 bits per heavy atom. The molecule has 1 saturated heterocycles. The van der Waals surface area contributed by atoms with E-state index in [1.54, 1.807) is 24.3 Å². The van der Waals surface area contributed by atoms with E-state index >= 15 is 0 Å². The minimum absolute atomic E-state index is 0.117. The Kier molecular flexibility index (Phi) is 4.85. The summed E-state index contributed by atoms with van der Waals surface area (Å²) in [5, 5.41) is 0. The van der Waals surface area contributed by atoms with Gasteiger partial charge in [-0.1, -0.05) is 25.1 Å². The molecule has 3 rings (SSSR count). The van der Waals surface area contributed by atoms with Gasteiger partial charge >= 0.3 is 11.7 Å². The SMILES string of the molecule is CC[C@@]1(COC(=O)c2ccccc2)CCC(n2ccc(=O)[nH]c2=O)O1. The van der Waals surface area contributed by atoms with Gasteiger partial charge in [0.25, 0.3) is 5.56 Å². The maximum atomic E-state index is 12.1. The number of carbonyl (C=O) groups is 1. The van der Waals surface area contributed by atoms with E-state index in [0.717, 1.165) is 0 Å². The normalized spacial score (nSPS) is 22.7. The van der Waals surface area contributed by atoms with Crippen LogP contribution in [0.25, 0.3) is 0 Å². The fraction of sp³-hybridized carbons (Fsp3) is 0.389. The van der Waals surface area contributed by atoms with E-state index in [1.807, 2.05) is 13.0 Å². The number of hydrogen-bond donors (Lipinski definition) is 1. The predicted octanol–water partition coefficient (Wildman–Crippen LogP) is 1.85. The molecule has 1 aliphatic rings. The van der Waals surface area contributed by atoms with Crippen LogP contribution in [0.1, 0.15) is 42.8 Å². The van der Waals surface area contributed by atoms with Crippen LogP contribution in [0, 0.1) is 0 Å². The van der Waals surface area contributed by atoms with Gasteiger partial charge in [0, 0.05) is 12.3 Å². The van der Waals surface area contributed by atoms with Gasteiger partial charge in [-0.05, 0) is 31.4 Å². The first-order valence-electron chi connectivity index (χ1n) is 8.24. The summed E-state index contributed by atoms with van der Waals surface area (Å²) in [6.07, 6.45) is 2.83. The highest BCUT2D eigenvalue weighted by Gasteiger charge is 2.41. The number of benzene rings is 1. The summed E-state index contributed by atoms with van der Waals surface area (Å²) in [5.41, 5.74) is -1.10. The Bertz CT molecular complexity index is 858. The highest BCUT2D eigenvalue weighted by molar-refractivity contribution is 5.89. The van der Waals surface area contributed by atoms with Crippen LogP contribution in [0.3, 0.4) is 0 Å². The van der Waals surface area contributed by atoms with Crippen LogP contribution in [0.2, 0.25) is 0 Å². The number of aromatic nitrogens is 2. The number of aromatic amines is 1. The van der Waals surface area contributed by atoms with Crippen molar-refractivity contribution in [3.05, 3.63) is 69.0 Å². The standard InChI is InChI=1S/C18H20N2O5/c1-2-18(12-24-16(22)13-6-4-3-5-7-13)10-8-15(25-18)20-11-9-14(21)19-17(20)23/h3-7,9,11,15H,2,8,10,12H2,1H3,(H,19,21,23)/t15?,18-/m0/s1. The number of H-pyrrole nitrogens is 1. The molecule has 1 fully saturated rings. The summed E-state index contributed by atoms with van der Waals surface area (Å²) in [5.74, 6) is -0.401. The molecule has 25 heavy (non-hydrogen) atoms. The molecule has 0 aliphatic carbocycles. The molecular weight excluding hydrogens is 324 g/mol. The fourth-order valence-corrected chi connectivity index (χ4v) is 2.97. The van der Waals surface area contributed by atoms with Crippen molar-refractivity contribution in [2.24, 2.45) is 0 Å². The topological polar surface area (TPSA) is 90.4 Å².